The van der Waals surface area contributed by atoms with Crippen LogP contribution in [0.25, 0.3) is 0 Å². The van der Waals surface area contributed by atoms with Gasteiger partial charge in [-0.05, 0) is 19.6 Å². The Morgan fingerprint density at radius 2 is 2.18 bits per heavy atom. The zero-order valence-electron chi connectivity index (χ0n) is 7.18. The molecule has 0 aromatic carbocycles. The van der Waals surface area contributed by atoms with Crippen LogP contribution in [0.15, 0.2) is 0 Å². The normalized spacial score (nSPS) is 10.5. The third-order valence-corrected chi connectivity index (χ3v) is 3.26. The summed E-state index contributed by atoms with van der Waals surface area (Å²) in [5.74, 6) is 2.25. The van der Waals surface area contributed by atoms with Crippen LogP contribution in [-0.2, 0) is 5.75 Å². The number of hydrogen-bond acceptors (Lipinski definition) is 3. The highest BCUT2D eigenvalue weighted by Crippen LogP contribution is 2.20. The molecule has 1 aromatic rings. The lowest BCUT2D eigenvalue weighted by Gasteiger charge is -1.94. The predicted octanol–water partition coefficient (Wildman–Crippen LogP) is 3.01. The highest BCUT2D eigenvalue weighted by atomic mass is 32.2. The maximum absolute atomic E-state index is 4.45. The third kappa shape index (κ3) is 2.49. The van der Waals surface area contributed by atoms with Crippen molar-refractivity contribution in [2.24, 2.45) is 0 Å². The van der Waals surface area contributed by atoms with E-state index >= 15 is 0 Å². The van der Waals surface area contributed by atoms with E-state index in [1.807, 2.05) is 11.8 Å². The average molecular weight is 187 g/mol. The van der Waals surface area contributed by atoms with Crippen LogP contribution in [0, 0.1) is 13.8 Å². The zero-order chi connectivity index (χ0) is 8.27. The van der Waals surface area contributed by atoms with Crippen molar-refractivity contribution in [2.45, 2.75) is 26.5 Å². The van der Waals surface area contributed by atoms with E-state index in [4.69, 9.17) is 0 Å². The molecule has 62 valence electrons. The van der Waals surface area contributed by atoms with Crippen molar-refractivity contribution in [3.05, 3.63) is 15.6 Å². The first-order valence-electron chi connectivity index (χ1n) is 3.74. The lowest BCUT2D eigenvalue weighted by atomic mass is 10.4. The van der Waals surface area contributed by atoms with E-state index in [9.17, 15) is 0 Å². The van der Waals surface area contributed by atoms with Gasteiger partial charge in [0.15, 0.2) is 0 Å². The highest BCUT2D eigenvalue weighted by Gasteiger charge is 2.02. The Hall–Kier alpha value is -0.0200. The van der Waals surface area contributed by atoms with E-state index in [-0.39, 0.29) is 0 Å². The molecule has 0 saturated carbocycles. The number of thioether (sulfide) groups is 1. The van der Waals surface area contributed by atoms with Gasteiger partial charge in [-0.25, -0.2) is 4.98 Å². The molecule has 0 amide bonds. The zero-order valence-corrected chi connectivity index (χ0v) is 8.81. The maximum atomic E-state index is 4.45. The molecular formula is C8H13NS2. The minimum Gasteiger partial charge on any atom is -0.245 e. The minimum atomic E-state index is 1.08. The van der Waals surface area contributed by atoms with E-state index < -0.39 is 0 Å². The van der Waals surface area contributed by atoms with Crippen molar-refractivity contribution < 1.29 is 0 Å². The van der Waals surface area contributed by atoms with Crippen molar-refractivity contribution >= 4 is 23.1 Å². The molecule has 0 saturated heterocycles. The van der Waals surface area contributed by atoms with Crippen molar-refractivity contribution in [3.63, 3.8) is 0 Å². The maximum Gasteiger partial charge on any atom is 0.0900 e. The number of rotatable bonds is 3. The molecule has 3 heteroatoms. The largest absolute Gasteiger partial charge is 0.245 e. The van der Waals surface area contributed by atoms with Gasteiger partial charge in [-0.3, -0.25) is 0 Å². The molecule has 0 aliphatic rings. The fraction of sp³-hybridized carbons (Fsp3) is 0.625. The molecule has 1 heterocycles. The number of thiazole rings is 1. The molecule has 0 bridgehead atoms. The van der Waals surface area contributed by atoms with Gasteiger partial charge in [0.05, 0.1) is 10.7 Å². The summed E-state index contributed by atoms with van der Waals surface area (Å²) in [5.41, 5.74) is 1.28. The van der Waals surface area contributed by atoms with Crippen LogP contribution in [0.3, 0.4) is 0 Å². The summed E-state index contributed by atoms with van der Waals surface area (Å²) < 4.78 is 0. The first-order valence-corrected chi connectivity index (χ1v) is 5.71. The fourth-order valence-corrected chi connectivity index (χ4v) is 2.51. The molecule has 0 fully saturated rings. The summed E-state index contributed by atoms with van der Waals surface area (Å²) in [5, 5.41) is 1.19. The third-order valence-electron chi connectivity index (χ3n) is 1.44. The fourth-order valence-electron chi connectivity index (χ4n) is 0.905. The van der Waals surface area contributed by atoms with Crippen LogP contribution in [0.1, 0.15) is 22.5 Å². The van der Waals surface area contributed by atoms with E-state index in [1.165, 1.54) is 21.3 Å². The Balaban J connectivity index is 2.62. The molecule has 0 spiro atoms. The van der Waals surface area contributed by atoms with Crippen LogP contribution in [0.4, 0.5) is 0 Å². The summed E-state index contributed by atoms with van der Waals surface area (Å²) in [6, 6.07) is 0. The number of aromatic nitrogens is 1. The monoisotopic (exact) mass is 187 g/mol. The molecule has 11 heavy (non-hydrogen) atoms. The van der Waals surface area contributed by atoms with Gasteiger partial charge in [-0.2, -0.15) is 11.8 Å². The van der Waals surface area contributed by atoms with Gasteiger partial charge in [0.25, 0.3) is 0 Å². The molecule has 1 nitrogen and oxygen atoms in total. The summed E-state index contributed by atoms with van der Waals surface area (Å²) in [6.45, 7) is 6.40. The van der Waals surface area contributed by atoms with Crippen molar-refractivity contribution in [2.75, 3.05) is 5.75 Å². The molecule has 0 radical (unpaired) electrons. The second-order valence-electron chi connectivity index (χ2n) is 2.37. The van der Waals surface area contributed by atoms with Crippen LogP contribution in [-0.4, -0.2) is 10.7 Å². The summed E-state index contributed by atoms with van der Waals surface area (Å²) in [7, 11) is 0. The number of aryl methyl sites for hydroxylation is 2. The molecule has 0 unspecified atom stereocenters. The molecule has 0 aliphatic heterocycles. The van der Waals surface area contributed by atoms with Gasteiger partial charge in [0.1, 0.15) is 0 Å². The van der Waals surface area contributed by atoms with Crippen molar-refractivity contribution in [1.29, 1.82) is 0 Å². The molecule has 0 N–H and O–H groups in total. The smallest absolute Gasteiger partial charge is 0.0900 e. The molecule has 1 aromatic heterocycles. The first kappa shape index (κ1) is 9.07. The van der Waals surface area contributed by atoms with Gasteiger partial charge in [0, 0.05) is 10.6 Å². The summed E-state index contributed by atoms with van der Waals surface area (Å²) in [4.78, 5) is 5.82. The standard InChI is InChI=1S/C8H13NS2/c1-4-10-5-8-6(2)11-7(3)9-8/h4-5H2,1-3H3. The Labute approximate surface area is 76.2 Å². The molecule has 0 aliphatic carbocycles. The Kier molecular flexibility index (Phi) is 3.40. The van der Waals surface area contributed by atoms with Gasteiger partial charge >= 0.3 is 0 Å². The SMILES string of the molecule is CCSCc1nc(C)sc1C. The average Bonchev–Trinajstić information content (AvgIpc) is 2.26. The van der Waals surface area contributed by atoms with Crippen molar-refractivity contribution in [3.8, 4) is 0 Å². The Bertz CT molecular complexity index is 230. The Morgan fingerprint density at radius 3 is 2.64 bits per heavy atom. The van der Waals surface area contributed by atoms with E-state index in [2.05, 4.69) is 25.8 Å². The molecule has 1 rings (SSSR count). The van der Waals surface area contributed by atoms with Crippen LogP contribution < -0.4 is 0 Å². The van der Waals surface area contributed by atoms with E-state index in [0.717, 1.165) is 5.75 Å². The highest BCUT2D eigenvalue weighted by molar-refractivity contribution is 7.98. The van der Waals surface area contributed by atoms with E-state index in [1.54, 1.807) is 11.3 Å². The summed E-state index contributed by atoms with van der Waals surface area (Å²) >= 11 is 3.73. The van der Waals surface area contributed by atoms with E-state index in [0.29, 0.717) is 0 Å². The van der Waals surface area contributed by atoms with Crippen LogP contribution >= 0.6 is 23.1 Å². The first-order chi connectivity index (χ1) is 5.24. The lowest BCUT2D eigenvalue weighted by molar-refractivity contribution is 1.15. The second-order valence-corrected chi connectivity index (χ2v) is 5.05. The molecule has 0 atom stereocenters. The Morgan fingerprint density at radius 1 is 1.45 bits per heavy atom. The number of nitrogens with zero attached hydrogens (tertiary/aromatic N) is 1. The second kappa shape index (κ2) is 4.12. The van der Waals surface area contributed by atoms with Gasteiger partial charge < -0.3 is 0 Å². The number of hydrogen-bond donors (Lipinski definition) is 0. The molecular weight excluding hydrogens is 174 g/mol. The van der Waals surface area contributed by atoms with Crippen LogP contribution in [0.2, 0.25) is 0 Å². The lowest BCUT2D eigenvalue weighted by Crippen LogP contribution is -1.83. The van der Waals surface area contributed by atoms with Gasteiger partial charge in [0.2, 0.25) is 0 Å². The minimum absolute atomic E-state index is 1.08. The van der Waals surface area contributed by atoms with Crippen LogP contribution in [0.5, 0.6) is 0 Å². The predicted molar refractivity (Wildman–Crippen MR) is 53.4 cm³/mol. The summed E-state index contributed by atoms with van der Waals surface area (Å²) in [6.07, 6.45) is 0. The topological polar surface area (TPSA) is 12.9 Å². The van der Waals surface area contributed by atoms with Gasteiger partial charge in [-0.1, -0.05) is 6.92 Å². The van der Waals surface area contributed by atoms with Gasteiger partial charge in [-0.15, -0.1) is 11.3 Å². The quantitative estimate of drug-likeness (QED) is 0.721. The van der Waals surface area contributed by atoms with Crippen molar-refractivity contribution in [1.82, 2.24) is 4.98 Å².